The first-order valence-electron chi connectivity index (χ1n) is 6.61. The lowest BCUT2D eigenvalue weighted by Crippen LogP contribution is -2.22. The Labute approximate surface area is 115 Å². The van der Waals surface area contributed by atoms with E-state index in [2.05, 4.69) is 24.6 Å². The van der Waals surface area contributed by atoms with Crippen LogP contribution in [0.2, 0.25) is 25.7 Å². The molecule has 1 aromatic heterocycles. The first kappa shape index (κ1) is 15.9. The normalized spacial score (nSPS) is 11.6. The highest BCUT2D eigenvalue weighted by Gasteiger charge is 2.17. The highest BCUT2D eigenvalue weighted by molar-refractivity contribution is 6.76. The Hall–Kier alpha value is -1.14. The summed E-state index contributed by atoms with van der Waals surface area (Å²) in [4.78, 5) is 15.9. The molecule has 0 bridgehead atoms. The Balaban J connectivity index is 2.57. The SMILES string of the molecule is CCOC(=O)c1c(C)ncn1COCC[Si](C)(C)C. The van der Waals surface area contributed by atoms with Gasteiger partial charge in [0.1, 0.15) is 6.73 Å². The monoisotopic (exact) mass is 284 g/mol. The van der Waals surface area contributed by atoms with Crippen molar-refractivity contribution in [3.63, 3.8) is 0 Å². The number of ether oxygens (including phenoxy) is 2. The van der Waals surface area contributed by atoms with Gasteiger partial charge in [-0.2, -0.15) is 0 Å². The van der Waals surface area contributed by atoms with Gasteiger partial charge >= 0.3 is 5.97 Å². The van der Waals surface area contributed by atoms with Crippen molar-refractivity contribution in [1.82, 2.24) is 9.55 Å². The largest absolute Gasteiger partial charge is 0.461 e. The van der Waals surface area contributed by atoms with Crippen molar-refractivity contribution in [3.05, 3.63) is 17.7 Å². The fraction of sp³-hybridized carbons (Fsp3) is 0.692. The quantitative estimate of drug-likeness (QED) is 0.439. The number of esters is 1. The number of aryl methyl sites for hydroxylation is 1. The van der Waals surface area contributed by atoms with Crippen molar-refractivity contribution < 1.29 is 14.3 Å². The minimum atomic E-state index is -1.08. The van der Waals surface area contributed by atoms with Crippen LogP contribution in [0.1, 0.15) is 23.1 Å². The maximum atomic E-state index is 11.8. The van der Waals surface area contributed by atoms with Crippen LogP contribution in [0.25, 0.3) is 0 Å². The average molecular weight is 284 g/mol. The minimum absolute atomic E-state index is 0.341. The summed E-state index contributed by atoms with van der Waals surface area (Å²) in [6.07, 6.45) is 1.62. The van der Waals surface area contributed by atoms with Crippen LogP contribution in [0.3, 0.4) is 0 Å². The number of hydrogen-bond donors (Lipinski definition) is 0. The van der Waals surface area contributed by atoms with Gasteiger partial charge in [0.25, 0.3) is 0 Å². The van der Waals surface area contributed by atoms with Gasteiger partial charge in [-0.25, -0.2) is 9.78 Å². The van der Waals surface area contributed by atoms with Crippen molar-refractivity contribution in [2.45, 2.75) is 46.3 Å². The van der Waals surface area contributed by atoms with E-state index < -0.39 is 8.07 Å². The van der Waals surface area contributed by atoms with Crippen LogP contribution < -0.4 is 0 Å². The number of carbonyl (C=O) groups excluding carboxylic acids is 1. The Bertz CT molecular complexity index is 424. The summed E-state index contributed by atoms with van der Waals surface area (Å²) in [5.74, 6) is -0.341. The summed E-state index contributed by atoms with van der Waals surface area (Å²) in [6, 6.07) is 1.11. The molecule has 0 aliphatic heterocycles. The van der Waals surface area contributed by atoms with Crippen LogP contribution in [-0.4, -0.2) is 36.8 Å². The minimum Gasteiger partial charge on any atom is -0.461 e. The molecule has 0 saturated carbocycles. The third-order valence-electron chi connectivity index (χ3n) is 2.72. The van der Waals surface area contributed by atoms with E-state index in [4.69, 9.17) is 9.47 Å². The maximum Gasteiger partial charge on any atom is 0.356 e. The van der Waals surface area contributed by atoms with Crippen LogP contribution in [0.15, 0.2) is 6.33 Å². The zero-order valence-corrected chi connectivity index (χ0v) is 13.5. The summed E-state index contributed by atoms with van der Waals surface area (Å²) in [7, 11) is -1.08. The van der Waals surface area contributed by atoms with E-state index in [9.17, 15) is 4.79 Å². The van der Waals surface area contributed by atoms with Crippen molar-refractivity contribution in [1.29, 1.82) is 0 Å². The summed E-state index contributed by atoms with van der Waals surface area (Å²) in [5, 5.41) is 0. The van der Waals surface area contributed by atoms with Crippen LogP contribution in [0.4, 0.5) is 0 Å². The van der Waals surface area contributed by atoms with E-state index in [1.165, 1.54) is 0 Å². The van der Waals surface area contributed by atoms with E-state index in [1.807, 2.05) is 0 Å². The molecular formula is C13H24N2O3Si. The molecule has 108 valence electrons. The molecular weight excluding hydrogens is 260 g/mol. The van der Waals surface area contributed by atoms with Gasteiger partial charge in [-0.1, -0.05) is 19.6 Å². The smallest absolute Gasteiger partial charge is 0.356 e. The molecule has 19 heavy (non-hydrogen) atoms. The molecule has 0 aromatic carbocycles. The molecule has 0 atom stereocenters. The Kier molecular flexibility index (Phi) is 5.75. The number of imidazole rings is 1. The third kappa shape index (κ3) is 5.16. The lowest BCUT2D eigenvalue weighted by Gasteiger charge is -2.16. The molecule has 0 aliphatic carbocycles. The Morgan fingerprint density at radius 1 is 1.42 bits per heavy atom. The molecule has 1 heterocycles. The second kappa shape index (κ2) is 6.86. The fourth-order valence-corrected chi connectivity index (χ4v) is 2.34. The molecule has 0 fully saturated rings. The van der Waals surface area contributed by atoms with E-state index in [1.54, 1.807) is 24.7 Å². The van der Waals surface area contributed by atoms with Gasteiger partial charge in [0.15, 0.2) is 5.69 Å². The zero-order chi connectivity index (χ0) is 14.5. The van der Waals surface area contributed by atoms with Crippen LogP contribution in [-0.2, 0) is 16.2 Å². The lowest BCUT2D eigenvalue weighted by molar-refractivity contribution is 0.0472. The molecule has 0 radical (unpaired) electrons. The standard InChI is InChI=1S/C13H24N2O3Si/c1-6-18-13(16)12-11(2)14-9-15(12)10-17-7-8-19(3,4)5/h9H,6-8,10H2,1-5H3. The average Bonchev–Trinajstić information content (AvgIpc) is 2.65. The number of nitrogens with zero attached hydrogens (tertiary/aromatic N) is 2. The summed E-state index contributed by atoms with van der Waals surface area (Å²) in [6.45, 7) is 11.9. The van der Waals surface area contributed by atoms with Gasteiger partial charge in [0.2, 0.25) is 0 Å². The Morgan fingerprint density at radius 2 is 2.11 bits per heavy atom. The van der Waals surface area contributed by atoms with Crippen molar-refractivity contribution in [3.8, 4) is 0 Å². The molecule has 1 rings (SSSR count). The summed E-state index contributed by atoms with van der Waals surface area (Å²) >= 11 is 0. The van der Waals surface area contributed by atoms with Gasteiger partial charge in [-0.05, 0) is 19.9 Å². The molecule has 0 saturated heterocycles. The van der Waals surface area contributed by atoms with E-state index in [0.717, 1.165) is 12.7 Å². The van der Waals surface area contributed by atoms with E-state index in [-0.39, 0.29) is 5.97 Å². The second-order valence-electron chi connectivity index (χ2n) is 5.72. The Morgan fingerprint density at radius 3 is 2.68 bits per heavy atom. The number of carbonyl (C=O) groups is 1. The van der Waals surface area contributed by atoms with Gasteiger partial charge in [-0.3, -0.25) is 0 Å². The van der Waals surface area contributed by atoms with E-state index >= 15 is 0 Å². The van der Waals surface area contributed by atoms with Gasteiger partial charge < -0.3 is 14.0 Å². The molecule has 1 aromatic rings. The molecule has 0 amide bonds. The van der Waals surface area contributed by atoms with Crippen molar-refractivity contribution in [2.75, 3.05) is 13.2 Å². The number of aromatic nitrogens is 2. The predicted octanol–water partition coefficient (Wildman–Crippen LogP) is 2.68. The van der Waals surface area contributed by atoms with Gasteiger partial charge in [0, 0.05) is 14.7 Å². The molecule has 0 spiro atoms. The predicted molar refractivity (Wildman–Crippen MR) is 77.0 cm³/mol. The van der Waals surface area contributed by atoms with Crippen LogP contribution in [0, 0.1) is 6.92 Å². The van der Waals surface area contributed by atoms with Crippen molar-refractivity contribution in [2.24, 2.45) is 0 Å². The zero-order valence-electron chi connectivity index (χ0n) is 12.5. The number of rotatable bonds is 7. The molecule has 0 unspecified atom stereocenters. The van der Waals surface area contributed by atoms with Crippen LogP contribution in [0.5, 0.6) is 0 Å². The molecule has 6 heteroatoms. The molecule has 5 nitrogen and oxygen atoms in total. The first-order valence-corrected chi connectivity index (χ1v) is 10.3. The topological polar surface area (TPSA) is 53.3 Å². The molecule has 0 N–H and O–H groups in total. The maximum absolute atomic E-state index is 11.8. The second-order valence-corrected chi connectivity index (χ2v) is 11.3. The van der Waals surface area contributed by atoms with Gasteiger partial charge in [-0.15, -0.1) is 0 Å². The van der Waals surface area contributed by atoms with Gasteiger partial charge in [0.05, 0.1) is 18.6 Å². The highest BCUT2D eigenvalue weighted by Crippen LogP contribution is 2.11. The summed E-state index contributed by atoms with van der Waals surface area (Å²) in [5.41, 5.74) is 1.15. The lowest BCUT2D eigenvalue weighted by atomic mass is 10.3. The first-order chi connectivity index (χ1) is 8.85. The number of hydrogen-bond acceptors (Lipinski definition) is 4. The highest BCUT2D eigenvalue weighted by atomic mass is 28.3. The van der Waals surface area contributed by atoms with Crippen molar-refractivity contribution >= 4 is 14.0 Å². The summed E-state index contributed by atoms with van der Waals surface area (Å²) < 4.78 is 12.4. The van der Waals surface area contributed by atoms with Crippen LogP contribution >= 0.6 is 0 Å². The van der Waals surface area contributed by atoms with E-state index in [0.29, 0.717) is 24.7 Å². The fourth-order valence-electron chi connectivity index (χ4n) is 1.59. The molecule has 0 aliphatic rings. The third-order valence-corrected chi connectivity index (χ3v) is 4.42.